The van der Waals surface area contributed by atoms with Crippen molar-refractivity contribution in [3.8, 4) is 0 Å². The van der Waals surface area contributed by atoms with Crippen LogP contribution in [0.15, 0.2) is 0 Å². The molecule has 0 aromatic heterocycles. The highest BCUT2D eigenvalue weighted by Crippen LogP contribution is 2.38. The number of β-amino-alcohol motifs (C(OH)–C–C–N with tert-alkyl or cyclic N) is 1. The van der Waals surface area contributed by atoms with E-state index in [0.717, 1.165) is 0 Å². The second kappa shape index (κ2) is 4.02. The largest absolute Gasteiger partial charge is 0.418 e. The summed E-state index contributed by atoms with van der Waals surface area (Å²) in [6.07, 6.45) is -4.17. The number of piperidine rings is 1. The Morgan fingerprint density at radius 3 is 2.31 bits per heavy atom. The van der Waals surface area contributed by atoms with Crippen LogP contribution in [0.25, 0.3) is 0 Å². The Labute approximate surface area is 80.9 Å². The van der Waals surface area contributed by atoms with E-state index in [4.69, 9.17) is 0 Å². The zero-order valence-corrected chi connectivity index (χ0v) is 8.00. The molecule has 6 heteroatoms. The molecule has 0 spiro atoms. The summed E-state index contributed by atoms with van der Waals surface area (Å²) in [6.45, 7) is 1.57. The monoisotopic (exact) mass is 219 g/mol. The lowest BCUT2D eigenvalue weighted by atomic mass is 9.83. The molecule has 13 heavy (non-hydrogen) atoms. The number of alkyl halides is 3. The molecule has 0 aromatic rings. The Morgan fingerprint density at radius 1 is 1.46 bits per heavy atom. The summed E-state index contributed by atoms with van der Waals surface area (Å²) in [7, 11) is 0. The van der Waals surface area contributed by atoms with E-state index in [1.807, 2.05) is 0 Å². The van der Waals surface area contributed by atoms with Gasteiger partial charge in [-0.1, -0.05) is 6.92 Å². The summed E-state index contributed by atoms with van der Waals surface area (Å²) in [4.78, 5) is 0. The topological polar surface area (TPSA) is 32.3 Å². The summed E-state index contributed by atoms with van der Waals surface area (Å²) in [5.41, 5.74) is -2.54. The molecular weight excluding hydrogens is 207 g/mol. The minimum atomic E-state index is -4.53. The highest BCUT2D eigenvalue weighted by Gasteiger charge is 2.57. The van der Waals surface area contributed by atoms with E-state index in [2.05, 4.69) is 5.32 Å². The SMILES string of the molecule is C[C@@H]1CCNC[C@@]1(O)C(F)(F)F.Cl. The van der Waals surface area contributed by atoms with Gasteiger partial charge in [0.25, 0.3) is 0 Å². The maximum absolute atomic E-state index is 12.3. The first kappa shape index (κ1) is 13.0. The number of rotatable bonds is 0. The third kappa shape index (κ3) is 2.27. The van der Waals surface area contributed by atoms with Gasteiger partial charge < -0.3 is 10.4 Å². The lowest BCUT2D eigenvalue weighted by Gasteiger charge is -2.39. The van der Waals surface area contributed by atoms with Gasteiger partial charge in [0, 0.05) is 6.54 Å². The van der Waals surface area contributed by atoms with Crippen LogP contribution >= 0.6 is 12.4 Å². The summed E-state index contributed by atoms with van der Waals surface area (Å²) in [5, 5.41) is 11.8. The Balaban J connectivity index is 0.00000144. The van der Waals surface area contributed by atoms with Gasteiger partial charge in [-0.2, -0.15) is 13.2 Å². The fourth-order valence-electron chi connectivity index (χ4n) is 1.39. The van der Waals surface area contributed by atoms with Crippen LogP contribution in [0, 0.1) is 5.92 Å². The molecule has 0 aromatic carbocycles. The molecule has 0 unspecified atom stereocenters. The molecule has 1 rings (SSSR count). The molecule has 2 N–H and O–H groups in total. The third-order valence-corrected chi connectivity index (χ3v) is 2.45. The van der Waals surface area contributed by atoms with Crippen LogP contribution < -0.4 is 5.32 Å². The zero-order chi connectivity index (χ0) is 9.41. The van der Waals surface area contributed by atoms with Crippen molar-refractivity contribution < 1.29 is 18.3 Å². The number of aliphatic hydroxyl groups is 1. The molecule has 0 radical (unpaired) electrons. The molecule has 0 bridgehead atoms. The lowest BCUT2D eigenvalue weighted by molar-refractivity contribution is -0.280. The van der Waals surface area contributed by atoms with E-state index in [1.54, 1.807) is 0 Å². The maximum atomic E-state index is 12.3. The van der Waals surface area contributed by atoms with Crippen molar-refractivity contribution in [1.82, 2.24) is 5.32 Å². The van der Waals surface area contributed by atoms with E-state index >= 15 is 0 Å². The van der Waals surface area contributed by atoms with Crippen molar-refractivity contribution in [1.29, 1.82) is 0 Å². The van der Waals surface area contributed by atoms with Gasteiger partial charge >= 0.3 is 6.18 Å². The van der Waals surface area contributed by atoms with E-state index in [1.165, 1.54) is 6.92 Å². The number of halogens is 4. The molecule has 1 aliphatic heterocycles. The van der Waals surface area contributed by atoms with Gasteiger partial charge in [-0.3, -0.25) is 0 Å². The Kier molecular flexibility index (Phi) is 4.02. The predicted molar refractivity (Wildman–Crippen MR) is 44.9 cm³/mol. The van der Waals surface area contributed by atoms with Crippen LogP contribution in [0.2, 0.25) is 0 Å². The average Bonchev–Trinajstić information content (AvgIpc) is 1.93. The number of hydrogen-bond donors (Lipinski definition) is 2. The molecule has 0 amide bonds. The molecule has 1 saturated heterocycles. The molecule has 0 saturated carbocycles. The van der Waals surface area contributed by atoms with Gasteiger partial charge in [-0.15, -0.1) is 12.4 Å². The first-order valence-corrected chi connectivity index (χ1v) is 3.88. The number of hydrogen-bond acceptors (Lipinski definition) is 2. The minimum Gasteiger partial charge on any atom is -0.379 e. The summed E-state index contributed by atoms with van der Waals surface area (Å²) >= 11 is 0. The van der Waals surface area contributed by atoms with E-state index < -0.39 is 24.2 Å². The Morgan fingerprint density at radius 2 is 2.00 bits per heavy atom. The summed E-state index contributed by atoms with van der Waals surface area (Å²) in [5.74, 6) is -0.723. The van der Waals surface area contributed by atoms with Crippen molar-refractivity contribution in [2.24, 2.45) is 5.92 Å². The maximum Gasteiger partial charge on any atom is 0.418 e. The van der Waals surface area contributed by atoms with Crippen LogP contribution in [0.5, 0.6) is 0 Å². The molecular formula is C7H13ClF3NO. The Hall–Kier alpha value is -0.0000000000000000555. The van der Waals surface area contributed by atoms with Crippen LogP contribution in [-0.4, -0.2) is 30.0 Å². The van der Waals surface area contributed by atoms with Crippen molar-refractivity contribution in [3.05, 3.63) is 0 Å². The standard InChI is InChI=1S/C7H12F3NO.ClH/c1-5-2-3-11-4-6(5,12)7(8,9)10;/h5,11-12H,2-4H2,1H3;1H/t5-,6+;/m1./s1. The first-order chi connectivity index (χ1) is 5.38. The van der Waals surface area contributed by atoms with Gasteiger partial charge in [0.1, 0.15) is 0 Å². The van der Waals surface area contributed by atoms with Gasteiger partial charge in [0.05, 0.1) is 0 Å². The van der Waals surface area contributed by atoms with Gasteiger partial charge in [0.15, 0.2) is 5.60 Å². The van der Waals surface area contributed by atoms with E-state index in [9.17, 15) is 18.3 Å². The van der Waals surface area contributed by atoms with E-state index in [-0.39, 0.29) is 12.4 Å². The minimum absolute atomic E-state index is 0. The van der Waals surface area contributed by atoms with Crippen LogP contribution in [0.4, 0.5) is 13.2 Å². The average molecular weight is 220 g/mol. The molecule has 0 aliphatic carbocycles. The highest BCUT2D eigenvalue weighted by atomic mass is 35.5. The van der Waals surface area contributed by atoms with Crippen molar-refractivity contribution in [2.75, 3.05) is 13.1 Å². The third-order valence-electron chi connectivity index (χ3n) is 2.45. The molecule has 2 atom stereocenters. The zero-order valence-electron chi connectivity index (χ0n) is 7.19. The number of nitrogens with one attached hydrogen (secondary N) is 1. The van der Waals surface area contributed by atoms with Crippen LogP contribution in [-0.2, 0) is 0 Å². The molecule has 1 fully saturated rings. The molecule has 2 nitrogen and oxygen atoms in total. The predicted octanol–water partition coefficient (Wildman–Crippen LogP) is 1.33. The Bertz CT molecular complexity index is 176. The van der Waals surface area contributed by atoms with Crippen LogP contribution in [0.3, 0.4) is 0 Å². The van der Waals surface area contributed by atoms with Crippen molar-refractivity contribution >= 4 is 12.4 Å². The lowest BCUT2D eigenvalue weighted by Crippen LogP contribution is -2.60. The first-order valence-electron chi connectivity index (χ1n) is 3.88. The summed E-state index contributed by atoms with van der Waals surface area (Å²) < 4.78 is 36.9. The fraction of sp³-hybridized carbons (Fsp3) is 1.00. The van der Waals surface area contributed by atoms with Crippen LogP contribution in [0.1, 0.15) is 13.3 Å². The smallest absolute Gasteiger partial charge is 0.379 e. The van der Waals surface area contributed by atoms with Gasteiger partial charge in [-0.05, 0) is 18.9 Å². The molecule has 80 valence electrons. The molecule has 1 aliphatic rings. The summed E-state index contributed by atoms with van der Waals surface area (Å²) in [6, 6.07) is 0. The van der Waals surface area contributed by atoms with Gasteiger partial charge in [-0.25, -0.2) is 0 Å². The van der Waals surface area contributed by atoms with Gasteiger partial charge in [0.2, 0.25) is 0 Å². The van der Waals surface area contributed by atoms with Crippen molar-refractivity contribution in [2.45, 2.75) is 25.1 Å². The normalized spacial score (nSPS) is 35.3. The highest BCUT2D eigenvalue weighted by molar-refractivity contribution is 5.85. The quantitative estimate of drug-likeness (QED) is 0.644. The second-order valence-corrected chi connectivity index (χ2v) is 3.29. The van der Waals surface area contributed by atoms with E-state index in [0.29, 0.717) is 13.0 Å². The fourth-order valence-corrected chi connectivity index (χ4v) is 1.39. The second-order valence-electron chi connectivity index (χ2n) is 3.29. The van der Waals surface area contributed by atoms with Crippen molar-refractivity contribution in [3.63, 3.8) is 0 Å². The molecule has 1 heterocycles.